The minimum absolute atomic E-state index is 0.142. The molecule has 3 N–H and O–H groups in total. The highest BCUT2D eigenvalue weighted by Gasteiger charge is 2.35. The third-order valence-corrected chi connectivity index (χ3v) is 4.59. The van der Waals surface area contributed by atoms with Gasteiger partial charge in [-0.25, -0.2) is 4.79 Å². The quantitative estimate of drug-likeness (QED) is 0.606. The molecule has 0 aliphatic carbocycles. The maximum Gasteiger partial charge on any atom is 0.365 e. The Morgan fingerprint density at radius 2 is 1.96 bits per heavy atom. The largest absolute Gasteiger partial charge is 0.488 e. The molecule has 4 atom stereocenters. The summed E-state index contributed by atoms with van der Waals surface area (Å²) in [5.74, 6) is 0.577. The van der Waals surface area contributed by atoms with Gasteiger partial charge in [-0.05, 0) is 38.3 Å². The highest BCUT2D eigenvalue weighted by Crippen LogP contribution is 2.23. The smallest absolute Gasteiger partial charge is 0.365 e. The third kappa shape index (κ3) is 6.33. The number of hydrogen-bond donors (Lipinski definition) is 1. The number of hydrogen-bond acceptors (Lipinski definition) is 4. The zero-order chi connectivity index (χ0) is 18.1. The molecule has 0 amide bonds. The number of unbranched alkanes of at least 4 members (excludes halogenated alkanes) is 2. The first-order valence-corrected chi connectivity index (χ1v) is 9.48. The van der Waals surface area contributed by atoms with Gasteiger partial charge in [0.2, 0.25) is 0 Å². The minimum Gasteiger partial charge on any atom is -0.488 e. The van der Waals surface area contributed by atoms with E-state index in [1.807, 2.05) is 37.3 Å². The van der Waals surface area contributed by atoms with E-state index in [1.165, 1.54) is 0 Å². The number of carbonyl (C=O) groups excluding carboxylic acids is 1. The van der Waals surface area contributed by atoms with Crippen LogP contribution >= 0.6 is 0 Å². The van der Waals surface area contributed by atoms with Gasteiger partial charge in [0.15, 0.2) is 6.04 Å². The molecule has 0 bridgehead atoms. The third-order valence-electron chi connectivity index (χ3n) is 4.59. The molecule has 0 aromatic heterocycles. The molecule has 5 heteroatoms. The Morgan fingerprint density at radius 3 is 2.68 bits per heavy atom. The van der Waals surface area contributed by atoms with E-state index >= 15 is 0 Å². The Kier molecular flexibility index (Phi) is 8.22. The number of benzene rings is 1. The van der Waals surface area contributed by atoms with Crippen molar-refractivity contribution in [3.05, 3.63) is 30.3 Å². The first-order valence-electron chi connectivity index (χ1n) is 9.48. The molecule has 1 aromatic rings. The molecule has 1 aromatic carbocycles. The van der Waals surface area contributed by atoms with Crippen molar-refractivity contribution in [1.29, 1.82) is 0 Å². The van der Waals surface area contributed by atoms with Crippen LogP contribution in [-0.2, 0) is 14.3 Å². The zero-order valence-corrected chi connectivity index (χ0v) is 15.5. The van der Waals surface area contributed by atoms with Crippen molar-refractivity contribution in [3.8, 4) is 5.75 Å². The maximum atomic E-state index is 12.1. The van der Waals surface area contributed by atoms with Crippen LogP contribution in [0.4, 0.5) is 0 Å². The van der Waals surface area contributed by atoms with Gasteiger partial charge in [0.05, 0.1) is 0 Å². The van der Waals surface area contributed by atoms with Gasteiger partial charge in [0.25, 0.3) is 0 Å². The SMILES string of the molecule is CCCCCO[C@H]1[C@H](C)OC(=O)[C@@H]([NH3+])CCC[C@@H]1Oc1ccccc1. The highest BCUT2D eigenvalue weighted by atomic mass is 16.6. The molecule has 0 unspecified atom stereocenters. The Hall–Kier alpha value is -1.59. The fourth-order valence-corrected chi connectivity index (χ4v) is 3.11. The lowest BCUT2D eigenvalue weighted by Crippen LogP contribution is -2.65. The van der Waals surface area contributed by atoms with E-state index in [9.17, 15) is 4.79 Å². The summed E-state index contributed by atoms with van der Waals surface area (Å²) in [7, 11) is 0. The van der Waals surface area contributed by atoms with Gasteiger partial charge >= 0.3 is 5.97 Å². The first kappa shape index (κ1) is 19.7. The van der Waals surface area contributed by atoms with Crippen molar-refractivity contribution in [3.63, 3.8) is 0 Å². The highest BCUT2D eigenvalue weighted by molar-refractivity contribution is 5.74. The molecule has 5 nitrogen and oxygen atoms in total. The summed E-state index contributed by atoms with van der Waals surface area (Å²) in [6.45, 7) is 4.71. The molecule has 1 aliphatic heterocycles. The Bertz CT molecular complexity index is 508. The van der Waals surface area contributed by atoms with Crippen LogP contribution in [-0.4, -0.2) is 36.9 Å². The Labute approximate surface area is 150 Å². The van der Waals surface area contributed by atoms with Crippen molar-refractivity contribution in [2.75, 3.05) is 6.61 Å². The number of quaternary nitrogens is 1. The summed E-state index contributed by atoms with van der Waals surface area (Å²) in [6.07, 6.45) is 4.90. The van der Waals surface area contributed by atoms with Crippen LogP contribution in [0.2, 0.25) is 0 Å². The second kappa shape index (κ2) is 10.4. The lowest BCUT2D eigenvalue weighted by atomic mass is 10.0. The van der Waals surface area contributed by atoms with Gasteiger partial charge in [-0.15, -0.1) is 0 Å². The summed E-state index contributed by atoms with van der Waals surface area (Å²) in [5, 5.41) is 0. The average molecular weight is 350 g/mol. The molecule has 1 aliphatic rings. The van der Waals surface area contributed by atoms with Gasteiger partial charge in [-0.2, -0.15) is 0 Å². The normalized spacial score (nSPS) is 27.7. The summed E-state index contributed by atoms with van der Waals surface area (Å²) in [4.78, 5) is 12.1. The molecule has 140 valence electrons. The molecule has 1 fully saturated rings. The summed E-state index contributed by atoms with van der Waals surface area (Å²) in [5.41, 5.74) is 3.92. The average Bonchev–Trinajstić information content (AvgIpc) is 2.65. The number of esters is 1. The molecule has 1 heterocycles. The van der Waals surface area contributed by atoms with E-state index in [2.05, 4.69) is 12.7 Å². The minimum atomic E-state index is -0.356. The maximum absolute atomic E-state index is 12.1. The van der Waals surface area contributed by atoms with Crippen molar-refractivity contribution in [2.24, 2.45) is 0 Å². The van der Waals surface area contributed by atoms with E-state index in [0.29, 0.717) is 13.0 Å². The van der Waals surface area contributed by atoms with Gasteiger partial charge in [-0.3, -0.25) is 0 Å². The van der Waals surface area contributed by atoms with E-state index in [1.54, 1.807) is 0 Å². The van der Waals surface area contributed by atoms with Gasteiger partial charge in [0, 0.05) is 13.0 Å². The summed E-state index contributed by atoms with van der Waals surface area (Å²) in [6, 6.07) is 9.45. The van der Waals surface area contributed by atoms with Gasteiger partial charge in [0.1, 0.15) is 24.1 Å². The van der Waals surface area contributed by atoms with Crippen molar-refractivity contribution in [1.82, 2.24) is 0 Å². The lowest BCUT2D eigenvalue weighted by molar-refractivity contribution is -0.410. The molecule has 25 heavy (non-hydrogen) atoms. The van der Waals surface area contributed by atoms with Crippen LogP contribution in [0.15, 0.2) is 30.3 Å². The fourth-order valence-electron chi connectivity index (χ4n) is 3.11. The monoisotopic (exact) mass is 350 g/mol. The molecule has 1 saturated heterocycles. The second-order valence-electron chi connectivity index (χ2n) is 6.78. The topological polar surface area (TPSA) is 72.4 Å². The number of carbonyl (C=O) groups is 1. The zero-order valence-electron chi connectivity index (χ0n) is 15.5. The van der Waals surface area contributed by atoms with E-state index in [-0.39, 0.29) is 30.3 Å². The fraction of sp³-hybridized carbons (Fsp3) is 0.650. The van der Waals surface area contributed by atoms with Gasteiger partial charge < -0.3 is 19.9 Å². The molecular weight excluding hydrogens is 318 g/mol. The predicted octanol–water partition coefficient (Wildman–Crippen LogP) is 2.74. The van der Waals surface area contributed by atoms with Crippen LogP contribution in [0.1, 0.15) is 52.4 Å². The van der Waals surface area contributed by atoms with Crippen molar-refractivity contribution in [2.45, 2.75) is 76.7 Å². The van der Waals surface area contributed by atoms with Crippen molar-refractivity contribution < 1.29 is 24.7 Å². The number of rotatable bonds is 7. The van der Waals surface area contributed by atoms with Gasteiger partial charge in [-0.1, -0.05) is 38.0 Å². The van der Waals surface area contributed by atoms with Crippen LogP contribution in [0.25, 0.3) is 0 Å². The Morgan fingerprint density at radius 1 is 1.20 bits per heavy atom. The Balaban J connectivity index is 2.11. The summed E-state index contributed by atoms with van der Waals surface area (Å²) >= 11 is 0. The molecule has 0 saturated carbocycles. The first-order chi connectivity index (χ1) is 12.1. The predicted molar refractivity (Wildman–Crippen MR) is 96.2 cm³/mol. The van der Waals surface area contributed by atoms with Crippen LogP contribution < -0.4 is 10.5 Å². The second-order valence-corrected chi connectivity index (χ2v) is 6.78. The lowest BCUT2D eigenvalue weighted by Gasteiger charge is -2.31. The summed E-state index contributed by atoms with van der Waals surface area (Å²) < 4.78 is 18.0. The van der Waals surface area contributed by atoms with Crippen molar-refractivity contribution >= 4 is 5.97 Å². The standard InChI is InChI=1S/C20H31NO4/c1-3-4-8-14-23-19-15(2)24-20(22)17(21)12-9-13-18(19)25-16-10-6-5-7-11-16/h5-7,10-11,15,17-19H,3-4,8-9,12-14,21H2,1-2H3/p+1/t15-,17-,18-,19-/m0/s1. The number of para-hydroxylation sites is 1. The van der Waals surface area contributed by atoms with Crippen LogP contribution in [0.5, 0.6) is 5.75 Å². The van der Waals surface area contributed by atoms with Crippen LogP contribution in [0, 0.1) is 0 Å². The van der Waals surface area contributed by atoms with E-state index in [4.69, 9.17) is 14.2 Å². The molecule has 0 spiro atoms. The van der Waals surface area contributed by atoms with E-state index in [0.717, 1.165) is 37.9 Å². The molecule has 0 radical (unpaired) electrons. The van der Waals surface area contributed by atoms with Crippen LogP contribution in [0.3, 0.4) is 0 Å². The van der Waals surface area contributed by atoms with E-state index < -0.39 is 0 Å². The number of ether oxygens (including phenoxy) is 3. The number of cyclic esters (lactones) is 1. The molecule has 2 rings (SSSR count). The molecular formula is C20H32NO4+.